The number of nitrogens with one attached hydrogen (secondary N) is 1. The van der Waals surface area contributed by atoms with Gasteiger partial charge in [-0.2, -0.15) is 0 Å². The molecule has 1 heterocycles. The molecule has 0 aromatic carbocycles. The average Bonchev–Trinajstić information content (AvgIpc) is 2.63. The highest BCUT2D eigenvalue weighted by Crippen LogP contribution is 2.02. The van der Waals surface area contributed by atoms with E-state index in [1.807, 2.05) is 25.5 Å². The van der Waals surface area contributed by atoms with Crippen molar-refractivity contribution < 1.29 is 4.79 Å². The van der Waals surface area contributed by atoms with E-state index in [0.29, 0.717) is 25.3 Å². The van der Waals surface area contributed by atoms with Crippen molar-refractivity contribution in [3.63, 3.8) is 0 Å². The van der Waals surface area contributed by atoms with Crippen LogP contribution in [0.2, 0.25) is 0 Å². The molecule has 96 valence electrons. The molecule has 0 spiro atoms. The first-order valence-corrected chi connectivity index (χ1v) is 5.87. The van der Waals surface area contributed by atoms with Gasteiger partial charge in [0.25, 0.3) is 0 Å². The van der Waals surface area contributed by atoms with Gasteiger partial charge in [0.2, 0.25) is 5.91 Å². The zero-order valence-electron chi connectivity index (χ0n) is 10.7. The first-order valence-electron chi connectivity index (χ1n) is 5.87. The minimum Gasteiger partial charge on any atom is -0.354 e. The largest absolute Gasteiger partial charge is 0.354 e. The Bertz CT molecular complexity index is 360. The van der Waals surface area contributed by atoms with Crippen molar-refractivity contribution in [3.8, 4) is 0 Å². The fourth-order valence-electron chi connectivity index (χ4n) is 1.58. The Kier molecular flexibility index (Phi) is 5.09. The van der Waals surface area contributed by atoms with Crippen molar-refractivity contribution in [3.05, 3.63) is 12.2 Å². The molecule has 17 heavy (non-hydrogen) atoms. The van der Waals surface area contributed by atoms with Crippen LogP contribution in [-0.4, -0.2) is 33.3 Å². The number of amides is 1. The van der Waals surface area contributed by atoms with Crippen LogP contribution in [0.15, 0.2) is 6.33 Å². The maximum absolute atomic E-state index is 11.6. The number of carbonyl (C=O) groups is 1. The molecule has 3 N–H and O–H groups in total. The highest BCUT2D eigenvalue weighted by atomic mass is 16.2. The first kappa shape index (κ1) is 13.6. The molecule has 1 aromatic heterocycles. The molecule has 0 aliphatic heterocycles. The first-order chi connectivity index (χ1) is 8.00. The summed E-state index contributed by atoms with van der Waals surface area (Å²) in [5.74, 6) is 1.18. The zero-order chi connectivity index (χ0) is 12.8. The minimum atomic E-state index is -0.422. The Labute approximate surface area is 102 Å². The van der Waals surface area contributed by atoms with E-state index in [9.17, 15) is 4.79 Å². The summed E-state index contributed by atoms with van der Waals surface area (Å²) in [5.41, 5.74) is 5.76. The minimum absolute atomic E-state index is 0.0964. The summed E-state index contributed by atoms with van der Waals surface area (Å²) in [5, 5.41) is 10.5. The van der Waals surface area contributed by atoms with Crippen molar-refractivity contribution >= 4 is 5.91 Å². The van der Waals surface area contributed by atoms with Crippen molar-refractivity contribution in [1.82, 2.24) is 20.1 Å². The fraction of sp³-hybridized carbons (Fsp3) is 0.727. The van der Waals surface area contributed by atoms with Crippen LogP contribution in [0.4, 0.5) is 0 Å². The maximum Gasteiger partial charge on any atom is 0.236 e. The number of rotatable bonds is 6. The normalized spacial score (nSPS) is 12.8. The summed E-state index contributed by atoms with van der Waals surface area (Å²) < 4.78 is 1.83. The Hall–Kier alpha value is -1.43. The number of hydrogen-bond donors (Lipinski definition) is 2. The Morgan fingerprint density at radius 1 is 1.59 bits per heavy atom. The predicted octanol–water partition coefficient (Wildman–Crippen LogP) is -0.153. The van der Waals surface area contributed by atoms with Crippen LogP contribution in [0.25, 0.3) is 0 Å². The van der Waals surface area contributed by atoms with E-state index in [2.05, 4.69) is 15.5 Å². The molecular formula is C11H21N5O. The van der Waals surface area contributed by atoms with Crippen LogP contribution in [0.5, 0.6) is 0 Å². The van der Waals surface area contributed by atoms with Crippen LogP contribution in [0.3, 0.4) is 0 Å². The van der Waals surface area contributed by atoms with Crippen molar-refractivity contribution in [1.29, 1.82) is 0 Å². The van der Waals surface area contributed by atoms with Crippen LogP contribution < -0.4 is 11.1 Å². The summed E-state index contributed by atoms with van der Waals surface area (Å²) in [6, 6.07) is -0.422. The van der Waals surface area contributed by atoms with Gasteiger partial charge in [0, 0.05) is 20.0 Å². The van der Waals surface area contributed by atoms with Gasteiger partial charge in [-0.1, -0.05) is 13.8 Å². The van der Waals surface area contributed by atoms with Crippen LogP contribution in [0.1, 0.15) is 26.1 Å². The van der Waals surface area contributed by atoms with E-state index in [4.69, 9.17) is 5.73 Å². The van der Waals surface area contributed by atoms with Gasteiger partial charge in [-0.3, -0.25) is 4.79 Å². The second-order valence-electron chi connectivity index (χ2n) is 4.64. The van der Waals surface area contributed by atoms with E-state index in [1.165, 1.54) is 0 Å². The lowest BCUT2D eigenvalue weighted by Crippen LogP contribution is -2.42. The standard InChI is InChI=1S/C11H21N5O/c1-8(2)6-9(12)11(17)13-5-4-10-15-14-7-16(10)3/h7-9H,4-6,12H2,1-3H3,(H,13,17)/t9-/m0/s1. The van der Waals surface area contributed by atoms with Gasteiger partial charge in [0.15, 0.2) is 0 Å². The summed E-state index contributed by atoms with van der Waals surface area (Å²) in [4.78, 5) is 11.6. The summed E-state index contributed by atoms with van der Waals surface area (Å²) in [6.45, 7) is 4.64. The second-order valence-corrected chi connectivity index (χ2v) is 4.64. The maximum atomic E-state index is 11.6. The van der Waals surface area contributed by atoms with Crippen LogP contribution >= 0.6 is 0 Å². The molecule has 1 rings (SSSR count). The van der Waals surface area contributed by atoms with Gasteiger partial charge in [-0.15, -0.1) is 10.2 Å². The van der Waals surface area contributed by atoms with Crippen molar-refractivity contribution in [2.75, 3.05) is 6.54 Å². The molecule has 1 atom stereocenters. The lowest BCUT2D eigenvalue weighted by molar-refractivity contribution is -0.122. The molecule has 0 aliphatic rings. The molecule has 0 aliphatic carbocycles. The smallest absolute Gasteiger partial charge is 0.236 e. The van der Waals surface area contributed by atoms with Gasteiger partial charge in [0.1, 0.15) is 12.2 Å². The summed E-state index contributed by atoms with van der Waals surface area (Å²) >= 11 is 0. The third-order valence-electron chi connectivity index (χ3n) is 2.52. The molecule has 0 unspecified atom stereocenters. The van der Waals surface area contributed by atoms with E-state index in [0.717, 1.165) is 5.82 Å². The van der Waals surface area contributed by atoms with Gasteiger partial charge in [0.05, 0.1) is 6.04 Å². The Balaban J connectivity index is 2.27. The van der Waals surface area contributed by atoms with Gasteiger partial charge in [-0.25, -0.2) is 0 Å². The molecule has 1 amide bonds. The molecule has 1 aromatic rings. The van der Waals surface area contributed by atoms with E-state index in [-0.39, 0.29) is 5.91 Å². The molecule has 0 fully saturated rings. The monoisotopic (exact) mass is 239 g/mol. The lowest BCUT2D eigenvalue weighted by Gasteiger charge is -2.13. The second kappa shape index (κ2) is 6.34. The molecule has 6 heteroatoms. The number of nitrogens with two attached hydrogens (primary N) is 1. The van der Waals surface area contributed by atoms with Gasteiger partial charge >= 0.3 is 0 Å². The zero-order valence-corrected chi connectivity index (χ0v) is 10.7. The summed E-state index contributed by atoms with van der Waals surface area (Å²) in [7, 11) is 1.88. The molecule has 6 nitrogen and oxygen atoms in total. The number of aromatic nitrogens is 3. The lowest BCUT2D eigenvalue weighted by atomic mass is 10.0. The molecular weight excluding hydrogens is 218 g/mol. The molecule has 0 bridgehead atoms. The molecule has 0 radical (unpaired) electrons. The van der Waals surface area contributed by atoms with Crippen molar-refractivity contribution in [2.45, 2.75) is 32.7 Å². The summed E-state index contributed by atoms with van der Waals surface area (Å²) in [6.07, 6.45) is 3.01. The number of carbonyl (C=O) groups excluding carboxylic acids is 1. The van der Waals surface area contributed by atoms with Crippen LogP contribution in [0, 0.1) is 5.92 Å². The third-order valence-corrected chi connectivity index (χ3v) is 2.52. The SMILES string of the molecule is CC(C)C[C@H](N)C(=O)NCCc1nncn1C. The quantitative estimate of drug-likeness (QED) is 0.722. The Morgan fingerprint density at radius 2 is 2.29 bits per heavy atom. The van der Waals surface area contributed by atoms with E-state index < -0.39 is 6.04 Å². The highest BCUT2D eigenvalue weighted by molar-refractivity contribution is 5.81. The fourth-order valence-corrected chi connectivity index (χ4v) is 1.58. The number of aryl methyl sites for hydroxylation is 1. The Morgan fingerprint density at radius 3 is 2.82 bits per heavy atom. The van der Waals surface area contributed by atoms with E-state index >= 15 is 0 Å². The third kappa shape index (κ3) is 4.52. The topological polar surface area (TPSA) is 85.8 Å². The van der Waals surface area contributed by atoms with Gasteiger partial charge in [-0.05, 0) is 12.3 Å². The van der Waals surface area contributed by atoms with Crippen molar-refractivity contribution in [2.24, 2.45) is 18.7 Å². The molecule has 0 saturated heterocycles. The number of nitrogens with zero attached hydrogens (tertiary/aromatic N) is 3. The predicted molar refractivity (Wildman–Crippen MR) is 65.1 cm³/mol. The van der Waals surface area contributed by atoms with E-state index in [1.54, 1.807) is 6.33 Å². The number of hydrogen-bond acceptors (Lipinski definition) is 4. The molecule has 0 saturated carbocycles. The average molecular weight is 239 g/mol. The van der Waals surface area contributed by atoms with Gasteiger partial charge < -0.3 is 15.6 Å². The highest BCUT2D eigenvalue weighted by Gasteiger charge is 2.14. The van der Waals surface area contributed by atoms with Crippen LogP contribution in [-0.2, 0) is 18.3 Å².